The molecule has 2 N–H and O–H groups in total. The van der Waals surface area contributed by atoms with E-state index in [9.17, 15) is 4.79 Å². The molecule has 3 fully saturated rings. The summed E-state index contributed by atoms with van der Waals surface area (Å²) in [7, 11) is 0. The molecule has 3 rings (SSSR count). The SMILES string of the molecule is O=C(CCN1CC2CCCNC2C1)NC1CCCCC1. The summed E-state index contributed by atoms with van der Waals surface area (Å²) >= 11 is 0. The molecule has 0 aromatic carbocycles. The van der Waals surface area contributed by atoms with Crippen LogP contribution in [0, 0.1) is 5.92 Å². The highest BCUT2D eigenvalue weighted by molar-refractivity contribution is 5.76. The number of rotatable bonds is 4. The van der Waals surface area contributed by atoms with Gasteiger partial charge in [-0.05, 0) is 38.1 Å². The lowest BCUT2D eigenvalue weighted by Gasteiger charge is -2.24. The number of fused-ring (bicyclic) bond motifs is 1. The van der Waals surface area contributed by atoms with E-state index < -0.39 is 0 Å². The number of nitrogens with one attached hydrogen (secondary N) is 2. The fourth-order valence-electron chi connectivity index (χ4n) is 4.13. The van der Waals surface area contributed by atoms with Crippen molar-refractivity contribution in [2.24, 2.45) is 5.92 Å². The summed E-state index contributed by atoms with van der Waals surface area (Å²) in [4.78, 5) is 14.5. The predicted molar refractivity (Wildman–Crippen MR) is 80.6 cm³/mol. The lowest BCUT2D eigenvalue weighted by Crippen LogP contribution is -2.41. The first-order chi connectivity index (χ1) is 9.81. The molecule has 3 aliphatic rings. The van der Waals surface area contributed by atoms with Crippen LogP contribution >= 0.6 is 0 Å². The first-order valence-electron chi connectivity index (χ1n) is 8.56. The maximum absolute atomic E-state index is 12.0. The van der Waals surface area contributed by atoms with Gasteiger partial charge < -0.3 is 15.5 Å². The zero-order chi connectivity index (χ0) is 13.8. The number of amides is 1. The van der Waals surface area contributed by atoms with Gasteiger partial charge in [0.2, 0.25) is 5.91 Å². The molecular weight excluding hydrogens is 250 g/mol. The largest absolute Gasteiger partial charge is 0.353 e. The molecule has 2 unspecified atom stereocenters. The van der Waals surface area contributed by atoms with E-state index in [0.29, 0.717) is 18.5 Å². The standard InChI is InChI=1S/C16H29N3O/c20-16(18-14-6-2-1-3-7-14)8-10-19-11-13-5-4-9-17-15(13)12-19/h13-15,17H,1-12H2,(H,18,20). The van der Waals surface area contributed by atoms with Gasteiger partial charge in [0, 0.05) is 38.1 Å². The zero-order valence-electron chi connectivity index (χ0n) is 12.6. The average molecular weight is 279 g/mol. The molecule has 1 aliphatic carbocycles. The van der Waals surface area contributed by atoms with Gasteiger partial charge in [0.05, 0.1) is 0 Å². The average Bonchev–Trinajstić information content (AvgIpc) is 2.89. The van der Waals surface area contributed by atoms with Crippen LogP contribution in [0.25, 0.3) is 0 Å². The van der Waals surface area contributed by atoms with Crippen molar-refractivity contribution in [2.75, 3.05) is 26.2 Å². The van der Waals surface area contributed by atoms with Gasteiger partial charge in [0.25, 0.3) is 0 Å². The van der Waals surface area contributed by atoms with Gasteiger partial charge in [-0.15, -0.1) is 0 Å². The third kappa shape index (κ3) is 3.73. The van der Waals surface area contributed by atoms with Gasteiger partial charge in [-0.25, -0.2) is 0 Å². The van der Waals surface area contributed by atoms with Gasteiger partial charge >= 0.3 is 0 Å². The smallest absolute Gasteiger partial charge is 0.221 e. The van der Waals surface area contributed by atoms with Crippen LogP contribution in [0.3, 0.4) is 0 Å². The van der Waals surface area contributed by atoms with Crippen molar-refractivity contribution < 1.29 is 4.79 Å². The number of nitrogens with zero attached hydrogens (tertiary/aromatic N) is 1. The monoisotopic (exact) mass is 279 g/mol. The van der Waals surface area contributed by atoms with E-state index >= 15 is 0 Å². The number of carbonyl (C=O) groups is 1. The highest BCUT2D eigenvalue weighted by Gasteiger charge is 2.33. The summed E-state index contributed by atoms with van der Waals surface area (Å²) in [6.07, 6.45) is 9.64. The molecule has 1 saturated carbocycles. The third-order valence-corrected chi connectivity index (χ3v) is 5.30. The van der Waals surface area contributed by atoms with E-state index in [1.54, 1.807) is 0 Å². The van der Waals surface area contributed by atoms with Crippen molar-refractivity contribution in [1.29, 1.82) is 0 Å². The Balaban J connectivity index is 1.35. The summed E-state index contributed by atoms with van der Waals surface area (Å²) in [5, 5.41) is 6.85. The summed E-state index contributed by atoms with van der Waals surface area (Å²) < 4.78 is 0. The fourth-order valence-corrected chi connectivity index (χ4v) is 4.13. The third-order valence-electron chi connectivity index (χ3n) is 5.30. The fraction of sp³-hybridized carbons (Fsp3) is 0.938. The van der Waals surface area contributed by atoms with E-state index in [4.69, 9.17) is 0 Å². The number of likely N-dealkylation sites (tertiary alicyclic amines) is 1. The second-order valence-electron chi connectivity index (χ2n) is 6.87. The van der Waals surface area contributed by atoms with Gasteiger partial charge in [0.1, 0.15) is 0 Å². The van der Waals surface area contributed by atoms with Crippen LogP contribution in [0.2, 0.25) is 0 Å². The van der Waals surface area contributed by atoms with E-state index in [1.807, 2.05) is 0 Å². The molecule has 2 heterocycles. The summed E-state index contributed by atoms with van der Waals surface area (Å²) in [6, 6.07) is 1.14. The topological polar surface area (TPSA) is 44.4 Å². The molecule has 20 heavy (non-hydrogen) atoms. The van der Waals surface area contributed by atoms with Crippen LogP contribution in [0.1, 0.15) is 51.4 Å². The van der Waals surface area contributed by atoms with Crippen molar-refractivity contribution >= 4 is 5.91 Å². The maximum atomic E-state index is 12.0. The van der Waals surface area contributed by atoms with Crippen molar-refractivity contribution in [3.63, 3.8) is 0 Å². The zero-order valence-corrected chi connectivity index (χ0v) is 12.6. The minimum atomic E-state index is 0.264. The first-order valence-corrected chi connectivity index (χ1v) is 8.56. The summed E-state index contributed by atoms with van der Waals surface area (Å²) in [6.45, 7) is 4.44. The lowest BCUT2D eigenvalue weighted by molar-refractivity contribution is -0.122. The molecule has 4 nitrogen and oxygen atoms in total. The Morgan fingerprint density at radius 1 is 1.10 bits per heavy atom. The molecule has 0 aromatic rings. The molecule has 2 saturated heterocycles. The highest BCUT2D eigenvalue weighted by Crippen LogP contribution is 2.24. The second kappa shape index (κ2) is 6.90. The molecule has 0 aromatic heterocycles. The van der Waals surface area contributed by atoms with E-state index in [-0.39, 0.29) is 5.91 Å². The Morgan fingerprint density at radius 2 is 1.95 bits per heavy atom. The Morgan fingerprint density at radius 3 is 2.75 bits per heavy atom. The van der Waals surface area contributed by atoms with Crippen LogP contribution in [0.4, 0.5) is 0 Å². The molecule has 114 valence electrons. The number of hydrogen-bond donors (Lipinski definition) is 2. The van der Waals surface area contributed by atoms with Crippen LogP contribution in [0.15, 0.2) is 0 Å². The first kappa shape index (κ1) is 14.3. The normalized spacial score (nSPS) is 32.0. The van der Waals surface area contributed by atoms with Gasteiger partial charge in [-0.2, -0.15) is 0 Å². The van der Waals surface area contributed by atoms with Crippen LogP contribution in [0.5, 0.6) is 0 Å². The molecule has 2 atom stereocenters. The van der Waals surface area contributed by atoms with Gasteiger partial charge in [0.15, 0.2) is 0 Å². The van der Waals surface area contributed by atoms with Crippen LogP contribution in [-0.2, 0) is 4.79 Å². The Labute approximate surface area is 122 Å². The minimum Gasteiger partial charge on any atom is -0.353 e. The molecule has 0 bridgehead atoms. The van der Waals surface area contributed by atoms with Crippen molar-refractivity contribution in [3.05, 3.63) is 0 Å². The lowest BCUT2D eigenvalue weighted by atomic mass is 9.94. The number of carbonyl (C=O) groups excluding carboxylic acids is 1. The summed E-state index contributed by atoms with van der Waals surface area (Å²) in [5.41, 5.74) is 0. The van der Waals surface area contributed by atoms with Crippen LogP contribution in [-0.4, -0.2) is 49.1 Å². The predicted octanol–water partition coefficient (Wildman–Crippen LogP) is 1.51. The Hall–Kier alpha value is -0.610. The van der Waals surface area contributed by atoms with Crippen molar-refractivity contribution in [2.45, 2.75) is 63.5 Å². The van der Waals surface area contributed by atoms with E-state index in [1.165, 1.54) is 58.0 Å². The molecular formula is C16H29N3O. The van der Waals surface area contributed by atoms with E-state index in [2.05, 4.69) is 15.5 Å². The molecule has 1 amide bonds. The maximum Gasteiger partial charge on any atom is 0.221 e. The second-order valence-corrected chi connectivity index (χ2v) is 6.87. The Kier molecular flexibility index (Phi) is 4.94. The molecule has 2 aliphatic heterocycles. The molecule has 0 radical (unpaired) electrons. The Bertz CT molecular complexity index is 314. The van der Waals surface area contributed by atoms with Crippen LogP contribution < -0.4 is 10.6 Å². The van der Waals surface area contributed by atoms with Crippen molar-refractivity contribution in [3.8, 4) is 0 Å². The number of hydrogen-bond acceptors (Lipinski definition) is 3. The summed E-state index contributed by atoms with van der Waals surface area (Å²) in [5.74, 6) is 1.09. The molecule has 4 heteroatoms. The van der Waals surface area contributed by atoms with Gasteiger partial charge in [-0.1, -0.05) is 19.3 Å². The minimum absolute atomic E-state index is 0.264. The highest BCUT2D eigenvalue weighted by atomic mass is 16.1. The molecule has 0 spiro atoms. The quantitative estimate of drug-likeness (QED) is 0.820. The number of piperidine rings is 1. The van der Waals surface area contributed by atoms with Crippen molar-refractivity contribution in [1.82, 2.24) is 15.5 Å². The van der Waals surface area contributed by atoms with Gasteiger partial charge in [-0.3, -0.25) is 4.79 Å². The van der Waals surface area contributed by atoms with E-state index in [0.717, 1.165) is 19.0 Å².